The molecule has 0 unspecified atom stereocenters. The van der Waals surface area contributed by atoms with Crippen molar-refractivity contribution < 1.29 is 0 Å². The van der Waals surface area contributed by atoms with Crippen LogP contribution in [0.1, 0.15) is 77.6 Å². The van der Waals surface area contributed by atoms with E-state index in [-0.39, 0.29) is 10.8 Å². The molecular weight excluding hydrogens is 326 g/mol. The zero-order chi connectivity index (χ0) is 20.4. The molecule has 0 aliphatic carbocycles. The average molecular weight is 362 g/mol. The number of rotatable bonds is 3. The van der Waals surface area contributed by atoms with E-state index in [9.17, 15) is 0 Å². The van der Waals surface area contributed by atoms with Crippen molar-refractivity contribution in [1.82, 2.24) is 0 Å². The van der Waals surface area contributed by atoms with E-state index < -0.39 is 0 Å². The molecule has 0 fully saturated rings. The third-order valence-electron chi connectivity index (χ3n) is 4.96. The highest BCUT2D eigenvalue weighted by Gasteiger charge is 2.22. The Balaban J connectivity index is 2.50. The van der Waals surface area contributed by atoms with Crippen LogP contribution >= 0.6 is 0 Å². The van der Waals surface area contributed by atoms with E-state index in [0.29, 0.717) is 0 Å². The maximum absolute atomic E-state index is 4.81. The monoisotopic (exact) mass is 361 g/mol. The molecule has 1 heteroatoms. The Kier molecular flexibility index (Phi) is 6.14. The highest BCUT2D eigenvalue weighted by Crippen LogP contribution is 2.34. The summed E-state index contributed by atoms with van der Waals surface area (Å²) in [7, 11) is 0. The lowest BCUT2D eigenvalue weighted by Gasteiger charge is -2.28. The topological polar surface area (TPSA) is 12.4 Å². The van der Waals surface area contributed by atoms with Gasteiger partial charge in [0.1, 0.15) is 0 Å². The minimum atomic E-state index is 0.0900. The van der Waals surface area contributed by atoms with Crippen LogP contribution in [0, 0.1) is 6.92 Å². The highest BCUT2D eigenvalue weighted by atomic mass is 14.7. The SMILES string of the molecule is C/C(=C\C(C)=N\c1ccccc1C)c1ccc(C(C)(C)C)cc1C(C)(C)C. The highest BCUT2D eigenvalue weighted by molar-refractivity contribution is 6.00. The predicted molar refractivity (Wildman–Crippen MR) is 121 cm³/mol. The standard InChI is InChI=1S/C26H35N/c1-18-12-10-11-13-24(18)27-20(3)16-19(2)22-15-14-21(25(4,5)6)17-23(22)26(7,8)9/h10-17H,1-9H3/b19-16+,27-20+. The second-order valence-electron chi connectivity index (χ2n) is 9.63. The maximum atomic E-state index is 4.81. The van der Waals surface area contributed by atoms with Gasteiger partial charge in [0.2, 0.25) is 0 Å². The van der Waals surface area contributed by atoms with E-state index in [1.807, 2.05) is 6.07 Å². The lowest BCUT2D eigenvalue weighted by molar-refractivity contribution is 0.567. The van der Waals surface area contributed by atoms with Gasteiger partial charge in [-0.05, 0) is 71.6 Å². The first-order valence-corrected chi connectivity index (χ1v) is 9.84. The fourth-order valence-electron chi connectivity index (χ4n) is 3.28. The summed E-state index contributed by atoms with van der Waals surface area (Å²) in [4.78, 5) is 4.81. The fourth-order valence-corrected chi connectivity index (χ4v) is 3.28. The second kappa shape index (κ2) is 7.84. The van der Waals surface area contributed by atoms with Crippen LogP contribution in [0.3, 0.4) is 0 Å². The molecule has 0 heterocycles. The minimum Gasteiger partial charge on any atom is -0.253 e. The van der Waals surface area contributed by atoms with Crippen molar-refractivity contribution in [3.63, 3.8) is 0 Å². The van der Waals surface area contributed by atoms with Gasteiger partial charge in [0, 0.05) is 5.71 Å². The smallest absolute Gasteiger partial charge is 0.0661 e. The minimum absolute atomic E-state index is 0.0900. The number of benzene rings is 2. The lowest BCUT2D eigenvalue weighted by atomic mass is 9.77. The van der Waals surface area contributed by atoms with Crippen LogP contribution in [0.25, 0.3) is 5.57 Å². The van der Waals surface area contributed by atoms with Gasteiger partial charge in [-0.2, -0.15) is 0 Å². The summed E-state index contributed by atoms with van der Waals surface area (Å²) in [5.41, 5.74) is 8.87. The van der Waals surface area contributed by atoms with Crippen LogP contribution in [-0.4, -0.2) is 5.71 Å². The van der Waals surface area contributed by atoms with Crippen molar-refractivity contribution in [2.45, 2.75) is 73.1 Å². The van der Waals surface area contributed by atoms with Gasteiger partial charge in [-0.1, -0.05) is 77.9 Å². The van der Waals surface area contributed by atoms with Crippen LogP contribution in [0.2, 0.25) is 0 Å². The molecule has 0 bridgehead atoms. The Labute approximate surface area is 166 Å². The first-order chi connectivity index (χ1) is 12.4. The molecule has 0 saturated carbocycles. The van der Waals surface area contributed by atoms with Gasteiger partial charge in [0.15, 0.2) is 0 Å². The van der Waals surface area contributed by atoms with Crippen LogP contribution in [0.15, 0.2) is 53.5 Å². The Morgan fingerprint density at radius 1 is 0.852 bits per heavy atom. The molecule has 0 N–H and O–H groups in total. The van der Waals surface area contributed by atoms with Crippen molar-refractivity contribution in [3.05, 3.63) is 70.8 Å². The molecule has 0 radical (unpaired) electrons. The number of nitrogens with zero attached hydrogens (tertiary/aromatic N) is 1. The lowest BCUT2D eigenvalue weighted by Crippen LogP contribution is -2.18. The number of hydrogen-bond acceptors (Lipinski definition) is 1. The number of hydrogen-bond donors (Lipinski definition) is 0. The van der Waals surface area contributed by atoms with E-state index in [2.05, 4.69) is 105 Å². The molecule has 27 heavy (non-hydrogen) atoms. The predicted octanol–water partition coefficient (Wildman–Crippen LogP) is 7.79. The van der Waals surface area contributed by atoms with Crippen molar-refractivity contribution in [2.24, 2.45) is 4.99 Å². The van der Waals surface area contributed by atoms with Gasteiger partial charge >= 0.3 is 0 Å². The Morgan fingerprint density at radius 2 is 1.48 bits per heavy atom. The molecular formula is C26H35N. The molecule has 2 rings (SSSR count). The summed E-state index contributed by atoms with van der Waals surface area (Å²) in [6.45, 7) is 20.1. The molecule has 0 spiro atoms. The van der Waals surface area contributed by atoms with Crippen LogP contribution in [0.5, 0.6) is 0 Å². The summed E-state index contributed by atoms with van der Waals surface area (Å²) >= 11 is 0. The third kappa shape index (κ3) is 5.42. The summed E-state index contributed by atoms with van der Waals surface area (Å²) in [5, 5.41) is 0. The number of allylic oxidation sites excluding steroid dienone is 2. The van der Waals surface area contributed by atoms with Gasteiger partial charge < -0.3 is 0 Å². The van der Waals surface area contributed by atoms with Gasteiger partial charge in [0.25, 0.3) is 0 Å². The first kappa shape index (κ1) is 21.2. The number of para-hydroxylation sites is 1. The number of aliphatic imine (C=N–C) groups is 1. The Bertz CT molecular complexity index is 868. The third-order valence-corrected chi connectivity index (χ3v) is 4.96. The van der Waals surface area contributed by atoms with E-state index in [0.717, 1.165) is 11.4 Å². The zero-order valence-electron chi connectivity index (χ0n) is 18.6. The molecule has 144 valence electrons. The summed E-state index contributed by atoms with van der Waals surface area (Å²) in [5.74, 6) is 0. The normalized spacial score (nSPS) is 13.8. The van der Waals surface area contributed by atoms with Crippen molar-refractivity contribution in [1.29, 1.82) is 0 Å². The Morgan fingerprint density at radius 3 is 2.04 bits per heavy atom. The van der Waals surface area contributed by atoms with Crippen molar-refractivity contribution in [2.75, 3.05) is 0 Å². The van der Waals surface area contributed by atoms with E-state index in [1.54, 1.807) is 0 Å². The van der Waals surface area contributed by atoms with Crippen LogP contribution < -0.4 is 0 Å². The fraction of sp³-hybridized carbons (Fsp3) is 0.423. The van der Waals surface area contributed by atoms with Gasteiger partial charge in [0.05, 0.1) is 5.69 Å². The van der Waals surface area contributed by atoms with E-state index in [4.69, 9.17) is 4.99 Å². The van der Waals surface area contributed by atoms with Crippen LogP contribution in [-0.2, 0) is 10.8 Å². The zero-order valence-corrected chi connectivity index (χ0v) is 18.6. The molecule has 0 amide bonds. The maximum Gasteiger partial charge on any atom is 0.0661 e. The first-order valence-electron chi connectivity index (χ1n) is 9.84. The van der Waals surface area contributed by atoms with E-state index in [1.165, 1.54) is 27.8 Å². The van der Waals surface area contributed by atoms with Gasteiger partial charge in [-0.25, -0.2) is 0 Å². The second-order valence-corrected chi connectivity index (χ2v) is 9.63. The molecule has 0 aliphatic heterocycles. The molecule has 1 nitrogen and oxygen atoms in total. The molecule has 0 aromatic heterocycles. The van der Waals surface area contributed by atoms with Gasteiger partial charge in [-0.3, -0.25) is 4.99 Å². The van der Waals surface area contributed by atoms with E-state index >= 15 is 0 Å². The quantitative estimate of drug-likeness (QED) is 0.495. The molecule has 2 aromatic rings. The van der Waals surface area contributed by atoms with Gasteiger partial charge in [-0.15, -0.1) is 0 Å². The largest absolute Gasteiger partial charge is 0.253 e. The van der Waals surface area contributed by atoms with Crippen molar-refractivity contribution in [3.8, 4) is 0 Å². The summed E-state index contributed by atoms with van der Waals surface area (Å²) in [6, 6.07) is 15.2. The summed E-state index contributed by atoms with van der Waals surface area (Å²) < 4.78 is 0. The molecule has 0 saturated heterocycles. The number of aryl methyl sites for hydroxylation is 1. The molecule has 0 atom stereocenters. The molecule has 0 aliphatic rings. The molecule has 2 aromatic carbocycles. The summed E-state index contributed by atoms with van der Waals surface area (Å²) in [6.07, 6.45) is 2.20. The Hall–Kier alpha value is -2.15. The van der Waals surface area contributed by atoms with Crippen LogP contribution in [0.4, 0.5) is 5.69 Å². The average Bonchev–Trinajstić information content (AvgIpc) is 2.54. The van der Waals surface area contributed by atoms with Crippen molar-refractivity contribution >= 4 is 17.0 Å².